The number of benzene rings is 1. The molecular formula is C31H33FN10O. The molecule has 2 amide bonds. The number of amides is 2. The van der Waals surface area contributed by atoms with E-state index >= 15 is 0 Å². The standard InChI is InChI=1S/C31H33FN10O/c1-30(21-5-4-6-22(32)15-21)7-8-35-31(2)28(30)37-27(38-31)25-24-14-20(17-34-26(24)40-39-25)19-13-23(18-33-16-19)36-29(43)42-11-9-41(3)10-12-42/h4-6,8,13-18,28H,7,9-12H2,1-3H3,(H,36,43)(H,37,38)(H,34,39,40)/t28-,30?,31?/m0/s1. The first-order valence-electron chi connectivity index (χ1n) is 14.4. The number of hydrogen-bond donors (Lipinski definition) is 3. The molecule has 6 heterocycles. The van der Waals surface area contributed by atoms with Gasteiger partial charge in [-0.2, -0.15) is 5.10 Å². The third-order valence-electron chi connectivity index (χ3n) is 8.88. The van der Waals surface area contributed by atoms with E-state index in [4.69, 9.17) is 9.98 Å². The van der Waals surface area contributed by atoms with Crippen LogP contribution in [0.3, 0.4) is 0 Å². The minimum absolute atomic E-state index is 0.133. The number of likely N-dealkylation sites (N-methyl/N-ethyl adjacent to an activating group) is 1. The molecule has 12 heteroatoms. The third-order valence-corrected chi connectivity index (χ3v) is 8.88. The Morgan fingerprint density at radius 3 is 2.70 bits per heavy atom. The van der Waals surface area contributed by atoms with Gasteiger partial charge in [0.2, 0.25) is 0 Å². The lowest BCUT2D eigenvalue weighted by molar-refractivity contribution is 0.164. The molecule has 3 N–H and O–H groups in total. The van der Waals surface area contributed by atoms with Crippen LogP contribution in [0.25, 0.3) is 22.2 Å². The number of H-pyrrole nitrogens is 1. The second-order valence-electron chi connectivity index (χ2n) is 12.0. The monoisotopic (exact) mass is 580 g/mol. The largest absolute Gasteiger partial charge is 0.343 e. The Morgan fingerprint density at radius 2 is 1.88 bits per heavy atom. The highest BCUT2D eigenvalue weighted by atomic mass is 19.1. The second kappa shape index (κ2) is 10.2. The Kier molecular flexibility index (Phi) is 6.46. The Labute approximate surface area is 248 Å². The van der Waals surface area contributed by atoms with Crippen LogP contribution in [-0.4, -0.2) is 93.0 Å². The number of carbonyl (C=O) groups is 1. The summed E-state index contributed by atoms with van der Waals surface area (Å²) in [5.74, 6) is 0.357. The molecule has 11 nitrogen and oxygen atoms in total. The van der Waals surface area contributed by atoms with Gasteiger partial charge < -0.3 is 20.4 Å². The predicted molar refractivity (Wildman–Crippen MR) is 164 cm³/mol. The Balaban J connectivity index is 1.19. The molecule has 2 unspecified atom stereocenters. The maximum Gasteiger partial charge on any atom is 0.321 e. The minimum Gasteiger partial charge on any atom is -0.343 e. The number of piperazine rings is 1. The highest BCUT2D eigenvalue weighted by molar-refractivity contribution is 6.09. The fraction of sp³-hybridized carbons (Fsp3) is 0.355. The van der Waals surface area contributed by atoms with Gasteiger partial charge in [0.15, 0.2) is 11.3 Å². The lowest BCUT2D eigenvalue weighted by Crippen LogP contribution is -2.56. The Bertz CT molecular complexity index is 1780. The quantitative estimate of drug-likeness (QED) is 0.337. The van der Waals surface area contributed by atoms with Gasteiger partial charge in [-0.15, -0.1) is 0 Å². The van der Waals surface area contributed by atoms with E-state index in [1.807, 2.05) is 36.2 Å². The first kappa shape index (κ1) is 27.1. The Morgan fingerprint density at radius 1 is 1.07 bits per heavy atom. The zero-order chi connectivity index (χ0) is 29.8. The average molecular weight is 581 g/mol. The molecular weight excluding hydrogens is 547 g/mol. The number of rotatable bonds is 4. The number of fused-ring (bicyclic) bond motifs is 2. The van der Waals surface area contributed by atoms with Crippen LogP contribution in [0.15, 0.2) is 65.0 Å². The van der Waals surface area contributed by atoms with Crippen molar-refractivity contribution in [2.24, 2.45) is 9.98 Å². The number of anilines is 1. The van der Waals surface area contributed by atoms with Crippen molar-refractivity contribution in [3.63, 3.8) is 0 Å². The van der Waals surface area contributed by atoms with Crippen molar-refractivity contribution < 1.29 is 9.18 Å². The van der Waals surface area contributed by atoms with Gasteiger partial charge in [-0.25, -0.2) is 14.2 Å². The summed E-state index contributed by atoms with van der Waals surface area (Å²) < 4.78 is 14.2. The van der Waals surface area contributed by atoms with Gasteiger partial charge in [-0.1, -0.05) is 19.1 Å². The molecule has 4 aromatic rings. The number of aromatic nitrogens is 4. The molecule has 0 spiro atoms. The SMILES string of the molecule is CN1CCN(C(=O)Nc2cncc(-c3cnc4n[nH]c(C5=N[C@@H]6C(C)(N=CCC6(C)c6cccc(F)c6)N5)c4c3)c2)CC1. The van der Waals surface area contributed by atoms with Crippen LogP contribution in [0.2, 0.25) is 0 Å². The van der Waals surface area contributed by atoms with E-state index in [0.29, 0.717) is 42.4 Å². The number of pyridine rings is 2. The zero-order valence-corrected chi connectivity index (χ0v) is 24.3. The lowest BCUT2D eigenvalue weighted by atomic mass is 9.68. The van der Waals surface area contributed by atoms with E-state index in [1.165, 1.54) is 6.07 Å². The van der Waals surface area contributed by atoms with E-state index in [9.17, 15) is 9.18 Å². The average Bonchev–Trinajstić information content (AvgIpc) is 3.59. The van der Waals surface area contributed by atoms with Gasteiger partial charge in [-0.05, 0) is 50.2 Å². The fourth-order valence-corrected chi connectivity index (χ4v) is 6.36. The highest BCUT2D eigenvalue weighted by Gasteiger charge is 2.53. The molecule has 0 bridgehead atoms. The summed E-state index contributed by atoms with van der Waals surface area (Å²) in [5, 5.41) is 14.8. The maximum atomic E-state index is 14.2. The van der Waals surface area contributed by atoms with Crippen molar-refractivity contribution in [2.45, 2.75) is 37.4 Å². The molecule has 43 heavy (non-hydrogen) atoms. The van der Waals surface area contributed by atoms with E-state index in [0.717, 1.165) is 35.2 Å². The molecule has 3 aliphatic heterocycles. The first-order chi connectivity index (χ1) is 20.7. The van der Waals surface area contributed by atoms with Crippen molar-refractivity contribution in [1.82, 2.24) is 35.3 Å². The van der Waals surface area contributed by atoms with Crippen LogP contribution in [0, 0.1) is 5.82 Å². The number of aliphatic imine (C=N–C) groups is 2. The van der Waals surface area contributed by atoms with E-state index in [2.05, 4.69) is 49.7 Å². The molecule has 3 aromatic heterocycles. The number of halogens is 1. The number of nitrogens with one attached hydrogen (secondary N) is 3. The summed E-state index contributed by atoms with van der Waals surface area (Å²) in [6, 6.07) is 10.2. The fourth-order valence-electron chi connectivity index (χ4n) is 6.36. The van der Waals surface area contributed by atoms with Crippen molar-refractivity contribution in [3.8, 4) is 11.1 Å². The first-order valence-corrected chi connectivity index (χ1v) is 14.4. The topological polar surface area (TPSA) is 127 Å². The van der Waals surface area contributed by atoms with Crippen LogP contribution in [-0.2, 0) is 5.41 Å². The van der Waals surface area contributed by atoms with Crippen LogP contribution >= 0.6 is 0 Å². The normalized spacial score (nSPS) is 25.3. The summed E-state index contributed by atoms with van der Waals surface area (Å²) >= 11 is 0. The molecule has 1 aromatic carbocycles. The number of aromatic amines is 1. The molecule has 0 aliphatic carbocycles. The third kappa shape index (κ3) is 4.81. The molecule has 0 radical (unpaired) electrons. The number of carbonyl (C=O) groups excluding carboxylic acids is 1. The van der Waals surface area contributed by atoms with E-state index in [-0.39, 0.29) is 17.9 Å². The van der Waals surface area contributed by atoms with Crippen molar-refractivity contribution in [3.05, 3.63) is 72.1 Å². The van der Waals surface area contributed by atoms with Crippen molar-refractivity contribution in [2.75, 3.05) is 38.5 Å². The smallest absolute Gasteiger partial charge is 0.321 e. The molecule has 3 atom stereocenters. The van der Waals surface area contributed by atoms with Crippen LogP contribution in [0.4, 0.5) is 14.9 Å². The molecule has 0 saturated carbocycles. The molecule has 1 saturated heterocycles. The van der Waals surface area contributed by atoms with Gasteiger partial charge in [0.1, 0.15) is 23.4 Å². The second-order valence-corrected chi connectivity index (χ2v) is 12.0. The zero-order valence-electron chi connectivity index (χ0n) is 24.3. The summed E-state index contributed by atoms with van der Waals surface area (Å²) in [6.07, 6.45) is 7.67. The number of nitrogens with zero attached hydrogens (tertiary/aromatic N) is 7. The van der Waals surface area contributed by atoms with Crippen molar-refractivity contribution >= 4 is 34.8 Å². The molecule has 1 fully saturated rings. The van der Waals surface area contributed by atoms with E-state index in [1.54, 1.807) is 30.7 Å². The van der Waals surface area contributed by atoms with E-state index < -0.39 is 11.1 Å². The maximum absolute atomic E-state index is 14.2. The van der Waals surface area contributed by atoms with Gasteiger partial charge in [-0.3, -0.25) is 20.1 Å². The minimum atomic E-state index is -0.711. The van der Waals surface area contributed by atoms with Crippen LogP contribution in [0.1, 0.15) is 31.5 Å². The molecule has 220 valence electrons. The van der Waals surface area contributed by atoms with Crippen molar-refractivity contribution in [1.29, 1.82) is 0 Å². The highest BCUT2D eigenvalue weighted by Crippen LogP contribution is 2.44. The van der Waals surface area contributed by atoms with Gasteiger partial charge in [0, 0.05) is 61.3 Å². The number of hydrogen-bond acceptors (Lipinski definition) is 8. The summed E-state index contributed by atoms with van der Waals surface area (Å²) in [7, 11) is 2.06. The summed E-state index contributed by atoms with van der Waals surface area (Å²) in [6.45, 7) is 7.18. The van der Waals surface area contributed by atoms with Crippen LogP contribution < -0.4 is 10.6 Å². The number of urea groups is 1. The lowest BCUT2D eigenvalue weighted by Gasteiger charge is -2.43. The van der Waals surface area contributed by atoms with Crippen LogP contribution in [0.5, 0.6) is 0 Å². The summed E-state index contributed by atoms with van der Waals surface area (Å²) in [5.41, 5.74) is 3.20. The van der Waals surface area contributed by atoms with Gasteiger partial charge >= 0.3 is 6.03 Å². The molecule has 7 rings (SSSR count). The van der Waals surface area contributed by atoms with Gasteiger partial charge in [0.05, 0.1) is 17.3 Å². The predicted octanol–water partition coefficient (Wildman–Crippen LogP) is 3.81. The Hall–Kier alpha value is -4.71. The summed E-state index contributed by atoms with van der Waals surface area (Å²) in [4.78, 5) is 35.8. The number of amidine groups is 1. The van der Waals surface area contributed by atoms with Gasteiger partial charge in [0.25, 0.3) is 0 Å². The molecule has 3 aliphatic rings.